The molecule has 1 aliphatic rings. The molecular formula is C24H31N3O8. The largest absolute Gasteiger partial charge is 0.466 e. The van der Waals surface area contributed by atoms with Gasteiger partial charge in [-0.2, -0.15) is 0 Å². The molecule has 0 fully saturated rings. The Hall–Kier alpha value is -3.89. The van der Waals surface area contributed by atoms with Crippen LogP contribution >= 0.6 is 0 Å². The lowest BCUT2D eigenvalue weighted by atomic mass is 9.85. The van der Waals surface area contributed by atoms with E-state index in [4.69, 9.17) is 14.2 Å². The summed E-state index contributed by atoms with van der Waals surface area (Å²) in [6, 6.07) is 4.75. The van der Waals surface area contributed by atoms with E-state index in [2.05, 4.69) is 10.6 Å². The normalized spacial score (nSPS) is 17.1. The van der Waals surface area contributed by atoms with E-state index >= 15 is 0 Å². The number of ether oxygens (including phenoxy) is 3. The van der Waals surface area contributed by atoms with Crippen molar-refractivity contribution in [1.82, 2.24) is 10.6 Å². The highest BCUT2D eigenvalue weighted by atomic mass is 16.6. The van der Waals surface area contributed by atoms with Gasteiger partial charge in [-0.3, -0.25) is 10.1 Å². The molecule has 3 atom stereocenters. The number of esters is 2. The van der Waals surface area contributed by atoms with Gasteiger partial charge < -0.3 is 24.8 Å². The number of non-ortho nitro benzene ring substituents is 1. The second kappa shape index (κ2) is 12.0. The highest BCUT2D eigenvalue weighted by Gasteiger charge is 2.38. The highest BCUT2D eigenvalue weighted by molar-refractivity contribution is 5.92. The number of rotatable bonds is 9. The summed E-state index contributed by atoms with van der Waals surface area (Å²) in [5, 5.41) is 16.9. The first kappa shape index (κ1) is 27.4. The topological polar surface area (TPSA) is 146 Å². The number of alkyl carbamates (subject to hydrolysis) is 1. The standard InChI is InChI=1S/C24H31N3O8/c1-7-13(3)20(23(29)34-8-2)26-24(30)35-21-15(5)25-14(4)18(22(28)33-6)19(21)16-10-9-11-17(12-16)27(31)32/h9-13,19-20,25H,7-8H2,1-6H3,(H,26,30)/t13-,19+,20-/m0/s1. The molecule has 2 N–H and O–H groups in total. The van der Waals surface area contributed by atoms with Crippen LogP contribution in [0.1, 0.15) is 52.5 Å². The first-order valence-corrected chi connectivity index (χ1v) is 11.2. The molecule has 2 rings (SSSR count). The molecule has 190 valence electrons. The zero-order valence-electron chi connectivity index (χ0n) is 20.7. The molecule has 0 aromatic heterocycles. The van der Waals surface area contributed by atoms with E-state index in [1.165, 1.54) is 25.3 Å². The number of nitro groups is 1. The predicted octanol–water partition coefficient (Wildman–Crippen LogP) is 3.66. The summed E-state index contributed by atoms with van der Waals surface area (Å²) < 4.78 is 15.7. The number of nitrogens with zero attached hydrogens (tertiary/aromatic N) is 1. The average Bonchev–Trinajstić information content (AvgIpc) is 2.83. The predicted molar refractivity (Wildman–Crippen MR) is 126 cm³/mol. The quantitative estimate of drug-likeness (QED) is 0.229. The third-order valence-corrected chi connectivity index (χ3v) is 5.75. The Balaban J connectivity index is 2.49. The van der Waals surface area contributed by atoms with Gasteiger partial charge in [0.15, 0.2) is 0 Å². The zero-order chi connectivity index (χ0) is 26.3. The Kier molecular flexibility index (Phi) is 9.38. The molecule has 35 heavy (non-hydrogen) atoms. The van der Waals surface area contributed by atoms with Crippen molar-refractivity contribution in [1.29, 1.82) is 0 Å². The number of benzene rings is 1. The molecule has 0 radical (unpaired) electrons. The van der Waals surface area contributed by atoms with Crippen molar-refractivity contribution in [3.05, 3.63) is 62.7 Å². The van der Waals surface area contributed by atoms with Crippen LogP contribution in [-0.4, -0.2) is 42.7 Å². The van der Waals surface area contributed by atoms with E-state index in [9.17, 15) is 24.5 Å². The average molecular weight is 490 g/mol. The molecule has 0 bridgehead atoms. The van der Waals surface area contributed by atoms with Crippen molar-refractivity contribution >= 4 is 23.7 Å². The number of carbonyl (C=O) groups is 3. The van der Waals surface area contributed by atoms with Crippen LogP contribution in [0.4, 0.5) is 10.5 Å². The molecule has 1 aliphatic heterocycles. The second-order valence-electron chi connectivity index (χ2n) is 8.08. The van der Waals surface area contributed by atoms with E-state index in [0.717, 1.165) is 0 Å². The fourth-order valence-corrected chi connectivity index (χ4v) is 3.78. The Labute approximate surface area is 203 Å². The van der Waals surface area contributed by atoms with Crippen molar-refractivity contribution < 1.29 is 33.5 Å². The second-order valence-corrected chi connectivity index (χ2v) is 8.08. The van der Waals surface area contributed by atoms with Gasteiger partial charge in [0.2, 0.25) is 0 Å². The van der Waals surface area contributed by atoms with Gasteiger partial charge in [0, 0.05) is 17.8 Å². The maximum atomic E-state index is 12.9. The Morgan fingerprint density at radius 2 is 1.89 bits per heavy atom. The van der Waals surface area contributed by atoms with Gasteiger partial charge in [-0.1, -0.05) is 32.4 Å². The Bertz CT molecular complexity index is 1060. The summed E-state index contributed by atoms with van der Waals surface area (Å²) in [6.45, 7) is 8.77. The minimum absolute atomic E-state index is 0.0424. The summed E-state index contributed by atoms with van der Waals surface area (Å²) in [7, 11) is 1.21. The van der Waals surface area contributed by atoms with Crippen LogP contribution in [-0.2, 0) is 23.8 Å². The van der Waals surface area contributed by atoms with Gasteiger partial charge in [0.25, 0.3) is 5.69 Å². The van der Waals surface area contributed by atoms with Crippen LogP contribution < -0.4 is 10.6 Å². The SMILES string of the molecule is CCOC(=O)[C@@H](NC(=O)OC1=C(C)NC(C)=C(C(=O)OC)[C@H]1c1cccc([N+](=O)[O-])c1)[C@@H](C)CC. The number of nitro benzene ring substituents is 1. The molecule has 0 spiro atoms. The van der Waals surface area contributed by atoms with E-state index in [-0.39, 0.29) is 29.5 Å². The van der Waals surface area contributed by atoms with E-state index in [1.807, 2.05) is 6.92 Å². The van der Waals surface area contributed by atoms with Crippen LogP contribution in [0.25, 0.3) is 0 Å². The van der Waals surface area contributed by atoms with Crippen LogP contribution in [0.3, 0.4) is 0 Å². The van der Waals surface area contributed by atoms with Gasteiger partial charge in [0.05, 0.1) is 35.8 Å². The molecule has 1 amide bonds. The number of nitrogens with one attached hydrogen (secondary N) is 2. The molecule has 0 unspecified atom stereocenters. The molecule has 0 aliphatic carbocycles. The van der Waals surface area contributed by atoms with E-state index in [0.29, 0.717) is 23.4 Å². The molecule has 0 saturated heterocycles. The molecule has 1 aromatic carbocycles. The van der Waals surface area contributed by atoms with Crippen LogP contribution in [0.2, 0.25) is 0 Å². The van der Waals surface area contributed by atoms with Crippen molar-refractivity contribution in [2.45, 2.75) is 53.0 Å². The maximum Gasteiger partial charge on any atom is 0.413 e. The van der Waals surface area contributed by atoms with Crippen LogP contribution in [0.5, 0.6) is 0 Å². The Morgan fingerprint density at radius 3 is 2.46 bits per heavy atom. The minimum atomic E-state index is -0.973. The summed E-state index contributed by atoms with van der Waals surface area (Å²) in [5.74, 6) is -2.45. The zero-order valence-corrected chi connectivity index (χ0v) is 20.7. The smallest absolute Gasteiger partial charge is 0.413 e. The lowest BCUT2D eigenvalue weighted by Crippen LogP contribution is -2.46. The monoisotopic (exact) mass is 489 g/mol. The Morgan fingerprint density at radius 1 is 1.20 bits per heavy atom. The molecule has 11 heteroatoms. The third kappa shape index (κ3) is 6.37. The summed E-state index contributed by atoms with van der Waals surface area (Å²) in [5.41, 5.74) is 1.15. The van der Waals surface area contributed by atoms with Gasteiger partial charge in [-0.15, -0.1) is 0 Å². The van der Waals surface area contributed by atoms with Gasteiger partial charge in [-0.05, 0) is 32.3 Å². The van der Waals surface area contributed by atoms with Gasteiger partial charge in [-0.25, -0.2) is 14.4 Å². The highest BCUT2D eigenvalue weighted by Crippen LogP contribution is 2.40. The lowest BCUT2D eigenvalue weighted by molar-refractivity contribution is -0.384. The van der Waals surface area contributed by atoms with E-state index in [1.54, 1.807) is 33.8 Å². The number of amides is 1. The number of carbonyl (C=O) groups excluding carboxylic acids is 3. The van der Waals surface area contributed by atoms with Gasteiger partial charge in [0.1, 0.15) is 11.8 Å². The molecule has 1 aromatic rings. The molecule has 11 nitrogen and oxygen atoms in total. The molecular weight excluding hydrogens is 458 g/mol. The fraction of sp³-hybridized carbons (Fsp3) is 0.458. The van der Waals surface area contributed by atoms with Crippen molar-refractivity contribution in [2.75, 3.05) is 13.7 Å². The number of dihydropyridines is 1. The van der Waals surface area contributed by atoms with E-state index < -0.39 is 34.9 Å². The first-order valence-electron chi connectivity index (χ1n) is 11.2. The number of hydrogen-bond acceptors (Lipinski definition) is 9. The maximum absolute atomic E-state index is 12.9. The summed E-state index contributed by atoms with van der Waals surface area (Å²) >= 11 is 0. The number of methoxy groups -OCH3 is 1. The number of allylic oxidation sites excluding steroid dienone is 3. The van der Waals surface area contributed by atoms with Crippen molar-refractivity contribution in [2.24, 2.45) is 5.92 Å². The van der Waals surface area contributed by atoms with Crippen LogP contribution in [0, 0.1) is 16.0 Å². The molecule has 1 heterocycles. The first-order chi connectivity index (χ1) is 16.5. The van der Waals surface area contributed by atoms with Crippen molar-refractivity contribution in [3.8, 4) is 0 Å². The summed E-state index contributed by atoms with van der Waals surface area (Å²) in [6.07, 6.45) is -0.337. The molecule has 0 saturated carbocycles. The summed E-state index contributed by atoms with van der Waals surface area (Å²) in [4.78, 5) is 48.8. The minimum Gasteiger partial charge on any atom is -0.466 e. The fourth-order valence-electron chi connectivity index (χ4n) is 3.78. The van der Waals surface area contributed by atoms with Crippen molar-refractivity contribution in [3.63, 3.8) is 0 Å². The van der Waals surface area contributed by atoms with Crippen LogP contribution in [0.15, 0.2) is 47.0 Å². The third-order valence-electron chi connectivity index (χ3n) is 5.75. The lowest BCUT2D eigenvalue weighted by Gasteiger charge is -2.31. The number of hydrogen-bond donors (Lipinski definition) is 2. The van der Waals surface area contributed by atoms with Gasteiger partial charge >= 0.3 is 18.0 Å².